The molecule has 0 aromatic carbocycles. The van der Waals surface area contributed by atoms with Crippen molar-refractivity contribution in [3.63, 3.8) is 0 Å². The first-order valence-electron chi connectivity index (χ1n) is 0. The maximum atomic E-state index is 0. The summed E-state index contributed by atoms with van der Waals surface area (Å²) in [5.41, 5.74) is 0. The van der Waals surface area contributed by atoms with E-state index in [-0.39, 0.29) is 142 Å². The van der Waals surface area contributed by atoms with Crippen molar-refractivity contribution >= 4 is 115 Å². The average Bonchev–Trinajstić information content (AvgIpc) is 0. The Morgan fingerprint density at radius 3 is 0.333 bits per heavy atom. The molecule has 0 rings (SSSR count). The molecule has 0 bridgehead atoms. The molecule has 0 aliphatic heterocycles. The van der Waals surface area contributed by atoms with E-state index in [1.165, 1.54) is 0 Å². The summed E-state index contributed by atoms with van der Waals surface area (Å²) in [4.78, 5) is 0. The molecule has 0 aromatic heterocycles. The van der Waals surface area contributed by atoms with Gasteiger partial charge < -0.3 is 27.4 Å². The van der Waals surface area contributed by atoms with E-state index in [2.05, 4.69) is 0 Å². The van der Waals surface area contributed by atoms with Gasteiger partial charge in [0.2, 0.25) is 0 Å². The van der Waals surface area contributed by atoms with Crippen molar-refractivity contribution in [2.45, 2.75) is 0 Å². The van der Waals surface area contributed by atoms with Crippen LogP contribution >= 0.6 is 0 Å². The van der Waals surface area contributed by atoms with Gasteiger partial charge >= 0.3 is 115 Å². The first kappa shape index (κ1) is 131. The van der Waals surface area contributed by atoms with Crippen molar-refractivity contribution < 1.29 is 27.4 Å². The van der Waals surface area contributed by atoms with Crippen molar-refractivity contribution in [2.24, 2.45) is 0 Å². The van der Waals surface area contributed by atoms with Crippen LogP contribution in [-0.4, -0.2) is 115 Å². The second-order valence-electron chi connectivity index (χ2n) is 0. The molecule has 0 saturated heterocycles. The Labute approximate surface area is 139 Å². The van der Waals surface area contributed by atoms with Gasteiger partial charge in [0, 0.05) is 0 Å². The van der Waals surface area contributed by atoms with Crippen LogP contribution < -0.4 is 0 Å². The molecule has 0 aliphatic carbocycles. The topological polar surface area (TPSA) is 142 Å². The molecule has 9 heavy (non-hydrogen) atoms. The van der Waals surface area contributed by atoms with E-state index in [4.69, 9.17) is 0 Å². The summed E-state index contributed by atoms with van der Waals surface area (Å²) in [5.74, 6) is 0. The minimum Gasteiger partial charge on any atom is -2.00 e. The fraction of sp³-hybridized carbons (Fsp3) is 0. The molecule has 0 radical (unpaired) electrons. The Balaban J connectivity index is 0. The minimum atomic E-state index is 0. The summed E-state index contributed by atoms with van der Waals surface area (Å²) in [7, 11) is 0. The van der Waals surface area contributed by atoms with Crippen molar-refractivity contribution in [1.82, 2.24) is 0 Å². The number of hydrogen-bond acceptors (Lipinski definition) is 0. The standard InChI is InChI=1S/2Ca.2Ga.5O/q2*+2;2*+3;5*-2. The molecule has 0 spiro atoms. The Morgan fingerprint density at radius 1 is 0.333 bits per heavy atom. The van der Waals surface area contributed by atoms with E-state index in [0.717, 1.165) is 0 Å². The Bertz CT molecular complexity index is 12.9. The van der Waals surface area contributed by atoms with Crippen LogP contribution in [0.3, 0.4) is 0 Å². The molecule has 0 N–H and O–H groups in total. The van der Waals surface area contributed by atoms with Crippen molar-refractivity contribution in [3.8, 4) is 0 Å². The van der Waals surface area contributed by atoms with E-state index in [1.54, 1.807) is 0 Å². The maximum Gasteiger partial charge on any atom is 3.00 e. The summed E-state index contributed by atoms with van der Waals surface area (Å²) >= 11 is 0. The minimum absolute atomic E-state index is 0. The second kappa shape index (κ2) is 101. The molecule has 0 unspecified atom stereocenters. The zero-order valence-corrected chi connectivity index (χ0v) is 13.9. The van der Waals surface area contributed by atoms with E-state index < -0.39 is 0 Å². The van der Waals surface area contributed by atoms with E-state index in [0.29, 0.717) is 0 Å². The van der Waals surface area contributed by atoms with Crippen molar-refractivity contribution in [1.29, 1.82) is 0 Å². The Kier molecular flexibility index (Phi) is 1470. The molecule has 0 atom stereocenters. The smallest absolute Gasteiger partial charge is 2.00 e. The van der Waals surface area contributed by atoms with Gasteiger partial charge in [-0.1, -0.05) is 0 Å². The predicted octanol–water partition coefficient (Wildman–Crippen LogP) is -2.12. The molecular formula is Ca2Ga2O5. The maximum absolute atomic E-state index is 0. The van der Waals surface area contributed by atoms with Crippen LogP contribution in [0, 0.1) is 0 Å². The molecule has 0 saturated carbocycles. The SMILES string of the molecule is [Ca+2].[Ca+2].[Ga+3].[Ga+3].[O-2].[O-2].[O-2].[O-2].[O-2]. The first-order chi connectivity index (χ1) is 0. The third-order valence-electron chi connectivity index (χ3n) is 0. The van der Waals surface area contributed by atoms with Gasteiger partial charge in [-0.05, 0) is 0 Å². The molecule has 9 heteroatoms. The van der Waals surface area contributed by atoms with Gasteiger partial charge in [0.05, 0.1) is 0 Å². The van der Waals surface area contributed by atoms with Gasteiger partial charge in [-0.15, -0.1) is 0 Å². The third kappa shape index (κ3) is 82.7. The molecule has 5 nitrogen and oxygen atoms in total. The molecular weight excluding hydrogens is 300 g/mol. The number of hydrogen-bond donors (Lipinski definition) is 0. The second-order valence-corrected chi connectivity index (χ2v) is 0. The molecule has 0 aromatic rings. The molecule has 0 aliphatic rings. The van der Waals surface area contributed by atoms with Gasteiger partial charge in [-0.25, -0.2) is 0 Å². The van der Waals surface area contributed by atoms with Gasteiger partial charge in [-0.2, -0.15) is 0 Å². The zero-order chi connectivity index (χ0) is 0. The quantitative estimate of drug-likeness (QED) is 0.451. The van der Waals surface area contributed by atoms with Crippen LogP contribution in [0.15, 0.2) is 0 Å². The van der Waals surface area contributed by atoms with Gasteiger partial charge in [0.15, 0.2) is 0 Å². The fourth-order valence-corrected chi connectivity index (χ4v) is 0. The molecule has 0 amide bonds. The van der Waals surface area contributed by atoms with Gasteiger partial charge in [0.25, 0.3) is 0 Å². The Morgan fingerprint density at radius 2 is 0.333 bits per heavy atom. The van der Waals surface area contributed by atoms with Gasteiger partial charge in [0.1, 0.15) is 0 Å². The largest absolute Gasteiger partial charge is 3.00 e. The van der Waals surface area contributed by atoms with Crippen LogP contribution in [0.1, 0.15) is 0 Å². The van der Waals surface area contributed by atoms with E-state index in [1.807, 2.05) is 0 Å². The molecule has 40 valence electrons. The van der Waals surface area contributed by atoms with Crippen LogP contribution in [-0.2, 0) is 27.4 Å². The Hall–Kier alpha value is 3.59. The fourth-order valence-electron chi connectivity index (χ4n) is 0. The normalized spacial score (nSPS) is 0. The summed E-state index contributed by atoms with van der Waals surface area (Å²) in [6.07, 6.45) is 0. The third-order valence-corrected chi connectivity index (χ3v) is 0. The summed E-state index contributed by atoms with van der Waals surface area (Å²) in [5, 5.41) is 0. The van der Waals surface area contributed by atoms with Gasteiger partial charge in [-0.3, -0.25) is 0 Å². The van der Waals surface area contributed by atoms with Crippen molar-refractivity contribution in [3.05, 3.63) is 0 Å². The monoisotopic (exact) mass is 298 g/mol. The number of rotatable bonds is 0. The van der Waals surface area contributed by atoms with Crippen LogP contribution in [0.2, 0.25) is 0 Å². The van der Waals surface area contributed by atoms with E-state index in [9.17, 15) is 0 Å². The molecule has 0 heterocycles. The average molecular weight is 300 g/mol. The van der Waals surface area contributed by atoms with Crippen LogP contribution in [0.25, 0.3) is 0 Å². The first-order valence-corrected chi connectivity index (χ1v) is 0. The summed E-state index contributed by atoms with van der Waals surface area (Å²) in [6.45, 7) is 0. The predicted molar refractivity (Wildman–Crippen MR) is 26.4 cm³/mol. The summed E-state index contributed by atoms with van der Waals surface area (Å²) < 4.78 is 0. The van der Waals surface area contributed by atoms with Crippen LogP contribution in [0.4, 0.5) is 0 Å². The van der Waals surface area contributed by atoms with E-state index >= 15 is 0 Å². The summed E-state index contributed by atoms with van der Waals surface area (Å²) in [6, 6.07) is 0. The van der Waals surface area contributed by atoms with Crippen molar-refractivity contribution in [2.75, 3.05) is 0 Å². The van der Waals surface area contributed by atoms with Crippen LogP contribution in [0.5, 0.6) is 0 Å². The zero-order valence-electron chi connectivity index (χ0n) is 4.61. The molecule has 0 fully saturated rings.